The molecule has 1 radical (unpaired) electrons. The smallest absolute Gasteiger partial charge is 0.672 e. The van der Waals surface area contributed by atoms with Crippen LogP contribution in [0.5, 0.6) is 0 Å². The maximum absolute atomic E-state index is 4.78. The molecule has 0 saturated carbocycles. The van der Waals surface area contributed by atoms with Gasteiger partial charge in [-0.25, -0.2) is 9.97 Å². The second kappa shape index (κ2) is 10.6. The Kier molecular flexibility index (Phi) is 8.23. The number of allylic oxidation sites excluding steroid dienone is 3. The third-order valence-corrected chi connectivity index (χ3v) is 4.18. The molecule has 0 aliphatic carbocycles. The van der Waals surface area contributed by atoms with Crippen molar-refractivity contribution < 1.29 is 17.1 Å². The number of rotatable bonds is 8. The summed E-state index contributed by atoms with van der Waals surface area (Å²) in [6.45, 7) is 5.44. The van der Waals surface area contributed by atoms with Crippen molar-refractivity contribution in [2.75, 3.05) is 13.1 Å². The standard InChI is InChI=1S/C19H24N7.Cu/c1-14(22-8-6-16-10-20-12-24-16)18-4-3-5-19(26-18)15(2)23-9-7-17-11-21-13-25-17;/h3-5,10-13,18H,6-9H2,1-2H3,(H,20,24)(H,21,25);/q-1;+2. The van der Waals surface area contributed by atoms with Crippen molar-refractivity contribution in [2.45, 2.75) is 32.7 Å². The van der Waals surface area contributed by atoms with Crippen molar-refractivity contribution in [3.63, 3.8) is 0 Å². The van der Waals surface area contributed by atoms with Crippen LogP contribution in [0.4, 0.5) is 0 Å². The van der Waals surface area contributed by atoms with E-state index in [0.717, 1.165) is 41.3 Å². The summed E-state index contributed by atoms with van der Waals surface area (Å²) in [5.41, 5.74) is 4.92. The number of aromatic amines is 2. The van der Waals surface area contributed by atoms with Crippen LogP contribution in [0.15, 0.2) is 59.0 Å². The second-order valence-electron chi connectivity index (χ2n) is 6.12. The quantitative estimate of drug-likeness (QED) is 0.513. The van der Waals surface area contributed by atoms with Crippen LogP contribution in [0, 0.1) is 0 Å². The molecule has 145 valence electrons. The van der Waals surface area contributed by atoms with Crippen molar-refractivity contribution in [2.24, 2.45) is 9.98 Å². The average Bonchev–Trinajstić information content (AvgIpc) is 3.35. The van der Waals surface area contributed by atoms with Crippen molar-refractivity contribution in [1.82, 2.24) is 19.9 Å². The summed E-state index contributed by atoms with van der Waals surface area (Å²) in [7, 11) is 0. The Morgan fingerprint density at radius 2 is 1.67 bits per heavy atom. The molecule has 2 aromatic rings. The molecule has 0 amide bonds. The summed E-state index contributed by atoms with van der Waals surface area (Å²) < 4.78 is 0. The van der Waals surface area contributed by atoms with Crippen LogP contribution in [0.25, 0.3) is 5.32 Å². The number of H-pyrrole nitrogens is 2. The first-order valence-corrected chi connectivity index (χ1v) is 8.79. The van der Waals surface area contributed by atoms with Crippen LogP contribution < -0.4 is 0 Å². The number of nitrogens with one attached hydrogen (secondary N) is 2. The van der Waals surface area contributed by atoms with E-state index in [1.807, 2.05) is 38.4 Å². The van der Waals surface area contributed by atoms with Gasteiger partial charge in [-0.1, -0.05) is 24.3 Å². The second-order valence-corrected chi connectivity index (χ2v) is 6.12. The minimum absolute atomic E-state index is 0. The zero-order valence-electron chi connectivity index (χ0n) is 15.5. The van der Waals surface area contributed by atoms with Gasteiger partial charge in [-0.05, 0) is 19.6 Å². The van der Waals surface area contributed by atoms with Crippen LogP contribution in [-0.2, 0) is 29.9 Å². The van der Waals surface area contributed by atoms with Crippen molar-refractivity contribution in [3.05, 3.63) is 65.7 Å². The molecule has 3 heterocycles. The van der Waals surface area contributed by atoms with Gasteiger partial charge >= 0.3 is 17.1 Å². The molecule has 2 N–H and O–H groups in total. The van der Waals surface area contributed by atoms with Gasteiger partial charge in [-0.3, -0.25) is 9.98 Å². The number of nitrogens with zero attached hydrogens (tertiary/aromatic N) is 5. The summed E-state index contributed by atoms with van der Waals surface area (Å²) in [5.74, 6) is 0. The molecule has 0 fully saturated rings. The summed E-state index contributed by atoms with van der Waals surface area (Å²) in [4.78, 5) is 23.6. The number of aliphatic imine (C=N–C) groups is 2. The first kappa shape index (κ1) is 20.9. The van der Waals surface area contributed by atoms with E-state index in [-0.39, 0.29) is 23.1 Å². The predicted octanol–water partition coefficient (Wildman–Crippen LogP) is 3.03. The van der Waals surface area contributed by atoms with Crippen LogP contribution in [-0.4, -0.2) is 50.5 Å². The summed E-state index contributed by atoms with van der Waals surface area (Å²) >= 11 is 0. The number of hydrogen-bond donors (Lipinski definition) is 2. The van der Waals surface area contributed by atoms with E-state index in [1.165, 1.54) is 0 Å². The van der Waals surface area contributed by atoms with Gasteiger partial charge in [0.05, 0.1) is 24.0 Å². The van der Waals surface area contributed by atoms with Crippen LogP contribution in [0.1, 0.15) is 25.2 Å². The van der Waals surface area contributed by atoms with Gasteiger partial charge in [0.15, 0.2) is 0 Å². The van der Waals surface area contributed by atoms with E-state index < -0.39 is 0 Å². The maximum Gasteiger partial charge on any atom is 2.00 e. The molecule has 1 unspecified atom stereocenters. The van der Waals surface area contributed by atoms with Gasteiger partial charge in [0.25, 0.3) is 0 Å². The first-order chi connectivity index (χ1) is 12.7. The monoisotopic (exact) mass is 413 g/mol. The van der Waals surface area contributed by atoms with Crippen LogP contribution >= 0.6 is 0 Å². The Morgan fingerprint density at radius 1 is 1.04 bits per heavy atom. The Bertz CT molecular complexity index is 801. The third kappa shape index (κ3) is 6.34. The molecule has 0 saturated heterocycles. The molecular formula is C19H24CuN7+. The minimum atomic E-state index is -0.0225. The van der Waals surface area contributed by atoms with E-state index in [0.29, 0.717) is 13.1 Å². The SMILES string of the molecule is CC(=NCCc1c[nH]cn1)C1=CC=CC(C(C)=NCCc2c[nH]cn2)[N-]1.[Cu+2]. The molecule has 0 spiro atoms. The Balaban J connectivity index is 0.00000261. The minimum Gasteiger partial charge on any atom is -0.672 e. The molecule has 1 aliphatic rings. The van der Waals surface area contributed by atoms with E-state index >= 15 is 0 Å². The predicted molar refractivity (Wildman–Crippen MR) is 105 cm³/mol. The van der Waals surface area contributed by atoms with E-state index in [4.69, 9.17) is 5.32 Å². The van der Waals surface area contributed by atoms with E-state index in [2.05, 4.69) is 36.0 Å². The summed E-state index contributed by atoms with van der Waals surface area (Å²) in [5, 5.41) is 4.78. The molecule has 2 aromatic heterocycles. The zero-order chi connectivity index (χ0) is 18.2. The number of hydrogen-bond acceptors (Lipinski definition) is 4. The number of imidazole rings is 2. The molecule has 1 aliphatic heterocycles. The fraction of sp³-hybridized carbons (Fsp3) is 0.368. The van der Waals surface area contributed by atoms with E-state index in [9.17, 15) is 0 Å². The Morgan fingerprint density at radius 3 is 2.26 bits per heavy atom. The van der Waals surface area contributed by atoms with Crippen LogP contribution in [0.3, 0.4) is 0 Å². The molecule has 3 rings (SSSR count). The molecular weight excluding hydrogens is 390 g/mol. The fourth-order valence-electron chi connectivity index (χ4n) is 2.65. The Labute approximate surface area is 170 Å². The number of aromatic nitrogens is 4. The van der Waals surface area contributed by atoms with Crippen molar-refractivity contribution >= 4 is 11.4 Å². The molecule has 0 bridgehead atoms. The molecule has 8 heteroatoms. The average molecular weight is 414 g/mol. The van der Waals surface area contributed by atoms with Gasteiger partial charge in [0.1, 0.15) is 0 Å². The van der Waals surface area contributed by atoms with Gasteiger partial charge in [0, 0.05) is 44.0 Å². The van der Waals surface area contributed by atoms with Gasteiger partial charge < -0.3 is 15.3 Å². The summed E-state index contributed by atoms with van der Waals surface area (Å²) in [6.07, 6.45) is 14.9. The topological polar surface area (TPSA) is 96.2 Å². The molecule has 0 aromatic carbocycles. The first-order valence-electron chi connectivity index (χ1n) is 8.79. The maximum atomic E-state index is 4.78. The zero-order valence-corrected chi connectivity index (χ0v) is 16.4. The Hall–Kier alpha value is -2.44. The normalized spacial score (nSPS) is 17.3. The third-order valence-electron chi connectivity index (χ3n) is 4.18. The van der Waals surface area contributed by atoms with Gasteiger partial charge in [-0.15, -0.1) is 5.70 Å². The van der Waals surface area contributed by atoms with Crippen LogP contribution in [0.2, 0.25) is 0 Å². The largest absolute Gasteiger partial charge is 2.00 e. The summed E-state index contributed by atoms with van der Waals surface area (Å²) in [6, 6.07) is -0.0225. The van der Waals surface area contributed by atoms with Crippen molar-refractivity contribution in [1.29, 1.82) is 0 Å². The van der Waals surface area contributed by atoms with Crippen molar-refractivity contribution in [3.8, 4) is 0 Å². The van der Waals surface area contributed by atoms with Gasteiger partial charge in [0.2, 0.25) is 0 Å². The molecule has 27 heavy (non-hydrogen) atoms. The fourth-order valence-corrected chi connectivity index (χ4v) is 2.65. The van der Waals surface area contributed by atoms with Gasteiger partial charge in [-0.2, -0.15) is 0 Å². The molecule has 1 atom stereocenters. The molecule has 7 nitrogen and oxygen atoms in total. The van der Waals surface area contributed by atoms with E-state index in [1.54, 1.807) is 12.7 Å².